The van der Waals surface area contributed by atoms with E-state index in [0.29, 0.717) is 12.4 Å². The summed E-state index contributed by atoms with van der Waals surface area (Å²) in [5, 5.41) is 0. The summed E-state index contributed by atoms with van der Waals surface area (Å²) in [5.41, 5.74) is 5.03. The number of para-hydroxylation sites is 1. The first-order valence-corrected chi connectivity index (χ1v) is 17.3. The molecule has 0 saturated carbocycles. The standard InChI is InChI=1S/C42H47F2N3O/c1-5-12-38-37(31(4)33-15-10-17-35(44)28-33)18-11-19-39(38)41(45-6-2)48-36-21-25-46(26-22-36)42(23-24-42)47(40-20-8-7-13-30(40)3)29-32-14-9-16-34(43)27-32/h5-17,19-20,23-24,27-28,31,36-38H,18,21-22,25-26,29H2,1-4H3/b12-5-,41-39+,45-6-. The maximum Gasteiger partial charge on any atom is 0.217 e. The van der Waals surface area contributed by atoms with Crippen LogP contribution >= 0.6 is 0 Å². The van der Waals surface area contributed by atoms with Gasteiger partial charge in [-0.1, -0.05) is 73.7 Å². The van der Waals surface area contributed by atoms with Crippen molar-refractivity contribution in [2.75, 3.05) is 18.0 Å². The molecule has 0 amide bonds. The second-order valence-corrected chi connectivity index (χ2v) is 13.3. The van der Waals surface area contributed by atoms with Crippen LogP contribution in [0.1, 0.15) is 62.6 Å². The number of aliphatic imine (C=N–C) groups is 1. The van der Waals surface area contributed by atoms with E-state index in [1.54, 1.807) is 24.3 Å². The molecule has 4 nitrogen and oxygen atoms in total. The summed E-state index contributed by atoms with van der Waals surface area (Å²) >= 11 is 0. The second kappa shape index (κ2) is 14.9. The molecule has 250 valence electrons. The number of likely N-dealkylation sites (tertiary alicyclic amines) is 1. The second-order valence-electron chi connectivity index (χ2n) is 13.3. The molecule has 0 spiro atoms. The number of allylic oxidation sites excluding steroid dienone is 5. The van der Waals surface area contributed by atoms with Crippen LogP contribution in [0.4, 0.5) is 14.5 Å². The van der Waals surface area contributed by atoms with Crippen molar-refractivity contribution in [3.8, 4) is 0 Å². The van der Waals surface area contributed by atoms with Crippen LogP contribution in [0.5, 0.6) is 0 Å². The minimum atomic E-state index is -0.338. The van der Waals surface area contributed by atoms with Gasteiger partial charge < -0.3 is 9.64 Å². The minimum Gasteiger partial charge on any atom is -0.474 e. The average Bonchev–Trinajstić information content (AvgIpc) is 3.90. The van der Waals surface area contributed by atoms with Crippen molar-refractivity contribution < 1.29 is 13.5 Å². The number of nitrogens with zero attached hydrogens (tertiary/aromatic N) is 3. The van der Waals surface area contributed by atoms with E-state index in [9.17, 15) is 8.78 Å². The molecule has 0 aromatic heterocycles. The summed E-state index contributed by atoms with van der Waals surface area (Å²) in [4.78, 5) is 9.72. The zero-order valence-electron chi connectivity index (χ0n) is 28.5. The number of hydrogen-bond acceptors (Lipinski definition) is 4. The molecule has 1 saturated heterocycles. The Morgan fingerprint density at radius 3 is 2.40 bits per heavy atom. The quantitative estimate of drug-likeness (QED) is 0.118. The van der Waals surface area contributed by atoms with Crippen molar-refractivity contribution in [2.24, 2.45) is 16.8 Å². The summed E-state index contributed by atoms with van der Waals surface area (Å²) in [7, 11) is 0. The van der Waals surface area contributed by atoms with Gasteiger partial charge in [0.25, 0.3) is 0 Å². The number of piperidine rings is 1. The Bertz CT molecular complexity index is 1730. The number of halogens is 2. The van der Waals surface area contributed by atoms with E-state index in [1.165, 1.54) is 17.7 Å². The lowest BCUT2D eigenvalue weighted by molar-refractivity contribution is 0.0311. The molecular weight excluding hydrogens is 600 g/mol. The fourth-order valence-corrected chi connectivity index (χ4v) is 7.57. The van der Waals surface area contributed by atoms with E-state index in [4.69, 9.17) is 9.73 Å². The predicted molar refractivity (Wildman–Crippen MR) is 193 cm³/mol. The molecule has 1 aliphatic heterocycles. The Balaban J connectivity index is 1.20. The lowest BCUT2D eigenvalue weighted by atomic mass is 9.71. The highest BCUT2D eigenvalue weighted by atomic mass is 19.1. The van der Waals surface area contributed by atoms with Gasteiger partial charge in [-0.25, -0.2) is 13.8 Å². The third-order valence-electron chi connectivity index (χ3n) is 10.2. The first-order valence-electron chi connectivity index (χ1n) is 17.3. The van der Waals surface area contributed by atoms with Crippen LogP contribution in [0.2, 0.25) is 0 Å². The molecule has 3 unspecified atom stereocenters. The number of aryl methyl sites for hydroxylation is 1. The van der Waals surface area contributed by atoms with Gasteiger partial charge >= 0.3 is 0 Å². The monoisotopic (exact) mass is 647 g/mol. The smallest absolute Gasteiger partial charge is 0.217 e. The fourth-order valence-electron chi connectivity index (χ4n) is 7.57. The van der Waals surface area contributed by atoms with Crippen molar-refractivity contribution in [3.05, 3.63) is 149 Å². The molecule has 0 radical (unpaired) electrons. The highest BCUT2D eigenvalue weighted by Gasteiger charge is 2.48. The van der Waals surface area contributed by atoms with Crippen molar-refractivity contribution in [2.45, 2.75) is 71.2 Å². The van der Waals surface area contributed by atoms with Gasteiger partial charge in [0.05, 0.1) is 0 Å². The molecule has 0 bridgehead atoms. The number of hydrogen-bond donors (Lipinski definition) is 0. The predicted octanol–water partition coefficient (Wildman–Crippen LogP) is 9.90. The molecular formula is C42H47F2N3O. The molecule has 1 heterocycles. The maximum atomic E-state index is 14.2. The number of benzene rings is 3. The molecule has 6 heteroatoms. The van der Waals surface area contributed by atoms with Gasteiger partial charge in [0.15, 0.2) is 0 Å². The zero-order chi connectivity index (χ0) is 33.7. The van der Waals surface area contributed by atoms with Gasteiger partial charge in [0.2, 0.25) is 5.88 Å². The van der Waals surface area contributed by atoms with Crippen LogP contribution in [0.15, 0.2) is 126 Å². The van der Waals surface area contributed by atoms with Crippen molar-refractivity contribution in [1.29, 1.82) is 0 Å². The Labute approximate surface area is 284 Å². The van der Waals surface area contributed by atoms with Crippen LogP contribution in [0.3, 0.4) is 0 Å². The van der Waals surface area contributed by atoms with Gasteiger partial charge in [-0.3, -0.25) is 4.90 Å². The van der Waals surface area contributed by atoms with Crippen molar-refractivity contribution in [1.82, 2.24) is 4.90 Å². The molecule has 3 atom stereocenters. The Kier molecular flexibility index (Phi) is 10.4. The van der Waals surface area contributed by atoms with Crippen LogP contribution in [0, 0.1) is 30.4 Å². The Morgan fingerprint density at radius 1 is 1.00 bits per heavy atom. The molecule has 3 aromatic rings. The van der Waals surface area contributed by atoms with E-state index >= 15 is 0 Å². The minimum absolute atomic E-state index is 0.0269. The van der Waals surface area contributed by atoms with E-state index in [-0.39, 0.29) is 41.2 Å². The van der Waals surface area contributed by atoms with E-state index < -0.39 is 0 Å². The van der Waals surface area contributed by atoms with Gasteiger partial charge in [-0.2, -0.15) is 0 Å². The summed E-state index contributed by atoms with van der Waals surface area (Å²) in [6, 6.07) is 22.3. The van der Waals surface area contributed by atoms with Crippen molar-refractivity contribution in [3.63, 3.8) is 0 Å². The maximum absolute atomic E-state index is 14.2. The van der Waals surface area contributed by atoms with Gasteiger partial charge in [-0.05, 0) is 111 Å². The lowest BCUT2D eigenvalue weighted by Gasteiger charge is -2.45. The summed E-state index contributed by atoms with van der Waals surface area (Å²) in [6.07, 6.45) is 17.7. The first kappa shape index (κ1) is 33.6. The molecule has 48 heavy (non-hydrogen) atoms. The molecule has 0 N–H and O–H groups in total. The summed E-state index contributed by atoms with van der Waals surface area (Å²) in [5.74, 6) is 0.769. The Morgan fingerprint density at radius 2 is 1.73 bits per heavy atom. The van der Waals surface area contributed by atoms with Crippen molar-refractivity contribution >= 4 is 11.9 Å². The third-order valence-corrected chi connectivity index (χ3v) is 10.2. The molecule has 6 rings (SSSR count). The molecule has 1 fully saturated rings. The fraction of sp³-hybridized carbons (Fsp3) is 0.357. The third kappa shape index (κ3) is 7.24. The Hall–Kier alpha value is -4.29. The first-order chi connectivity index (χ1) is 23.3. The normalized spacial score (nSPS) is 22.7. The van der Waals surface area contributed by atoms with Crippen LogP contribution in [-0.4, -0.2) is 36.0 Å². The van der Waals surface area contributed by atoms with Gasteiger partial charge in [-0.15, -0.1) is 0 Å². The number of ether oxygens (including phenoxy) is 1. The summed E-state index contributed by atoms with van der Waals surface area (Å²) < 4.78 is 35.2. The summed E-state index contributed by atoms with van der Waals surface area (Å²) in [6.45, 7) is 10.6. The SMILES string of the molecule is C/C=C\C1/C(=C(\N=C/C)OC2CCN(C3(N(Cc4cccc(F)c4)c4ccccc4C)C=C3)CC2)C=CCC1C(C)c1cccc(F)c1. The number of anilines is 1. The van der Waals surface area contributed by atoms with Crippen LogP contribution < -0.4 is 4.90 Å². The van der Waals surface area contributed by atoms with E-state index in [0.717, 1.165) is 54.7 Å². The highest BCUT2D eigenvalue weighted by molar-refractivity contribution is 5.62. The molecule has 2 aliphatic carbocycles. The highest BCUT2D eigenvalue weighted by Crippen LogP contribution is 2.44. The molecule has 3 aliphatic rings. The zero-order valence-corrected chi connectivity index (χ0v) is 28.5. The van der Waals surface area contributed by atoms with Crippen LogP contribution in [0.25, 0.3) is 0 Å². The van der Waals surface area contributed by atoms with E-state index in [1.807, 2.05) is 25.3 Å². The topological polar surface area (TPSA) is 28.1 Å². The van der Waals surface area contributed by atoms with E-state index in [2.05, 4.69) is 91.3 Å². The van der Waals surface area contributed by atoms with Crippen LogP contribution in [-0.2, 0) is 11.3 Å². The molecule has 3 aromatic carbocycles. The number of rotatable bonds is 11. The lowest BCUT2D eigenvalue weighted by Crippen LogP contribution is -2.55. The van der Waals surface area contributed by atoms with Gasteiger partial charge in [0, 0.05) is 43.0 Å². The largest absolute Gasteiger partial charge is 0.474 e. The van der Waals surface area contributed by atoms with Gasteiger partial charge in [0.1, 0.15) is 23.4 Å². The average molecular weight is 648 g/mol.